The molecule has 0 aliphatic heterocycles. The number of ether oxygens (including phenoxy) is 2. The molecule has 1 N–H and O–H groups in total. The van der Waals surface area contributed by atoms with Crippen molar-refractivity contribution in [2.45, 2.75) is 97.8 Å². The molecule has 202 valence electrons. The molecule has 0 radical (unpaired) electrons. The van der Waals surface area contributed by atoms with Crippen LogP contribution in [0.15, 0.2) is 36.4 Å². The third-order valence-corrected chi connectivity index (χ3v) is 7.49. The van der Waals surface area contributed by atoms with Crippen molar-refractivity contribution < 1.29 is 24.2 Å². The van der Waals surface area contributed by atoms with Gasteiger partial charge in [-0.05, 0) is 101 Å². The molecule has 36 heavy (non-hydrogen) atoms. The lowest BCUT2D eigenvalue weighted by Gasteiger charge is -2.34. The molecule has 0 saturated heterocycles. The second-order valence-electron chi connectivity index (χ2n) is 11.4. The second-order valence-corrected chi connectivity index (χ2v) is 11.4. The van der Waals surface area contributed by atoms with Gasteiger partial charge in [0.15, 0.2) is 0 Å². The Hall–Kier alpha value is -2.14. The summed E-state index contributed by atoms with van der Waals surface area (Å²) < 4.78 is 10.9. The van der Waals surface area contributed by atoms with Gasteiger partial charge in [0.05, 0.1) is 30.8 Å². The molecule has 1 atom stereocenters. The molecule has 2 rings (SSSR count). The van der Waals surface area contributed by atoms with E-state index in [1.807, 2.05) is 20.8 Å². The summed E-state index contributed by atoms with van der Waals surface area (Å²) >= 11 is 0. The van der Waals surface area contributed by atoms with Gasteiger partial charge in [0.2, 0.25) is 0 Å². The zero-order chi connectivity index (χ0) is 26.6. The molecule has 1 unspecified atom stereocenters. The SMILES string of the molecule is C=C(CO)C(=O)OCCC(CCOC(=O)C(C)(C)C)C1CCC(c2ccc(CCCCC)cc2)CC1. The first kappa shape index (κ1) is 30.1. The predicted octanol–water partition coefficient (Wildman–Crippen LogP) is 6.77. The summed E-state index contributed by atoms with van der Waals surface area (Å²) in [5.41, 5.74) is 2.44. The number of aliphatic hydroxyl groups excluding tert-OH is 1. The van der Waals surface area contributed by atoms with Gasteiger partial charge in [-0.15, -0.1) is 0 Å². The third-order valence-electron chi connectivity index (χ3n) is 7.49. The number of aryl methyl sites for hydroxylation is 1. The maximum Gasteiger partial charge on any atom is 0.335 e. The highest BCUT2D eigenvalue weighted by atomic mass is 16.5. The highest BCUT2D eigenvalue weighted by Crippen LogP contribution is 2.40. The van der Waals surface area contributed by atoms with E-state index < -0.39 is 18.0 Å². The number of unbranched alkanes of at least 4 members (excludes halogenated alkanes) is 2. The van der Waals surface area contributed by atoms with Crippen LogP contribution < -0.4 is 0 Å². The van der Waals surface area contributed by atoms with E-state index in [1.165, 1.54) is 36.8 Å². The monoisotopic (exact) mass is 500 g/mol. The summed E-state index contributed by atoms with van der Waals surface area (Å²) in [5, 5.41) is 9.08. The Morgan fingerprint density at radius 3 is 2.17 bits per heavy atom. The fourth-order valence-electron chi connectivity index (χ4n) is 5.06. The van der Waals surface area contributed by atoms with Gasteiger partial charge < -0.3 is 14.6 Å². The van der Waals surface area contributed by atoms with Crippen LogP contribution in [-0.2, 0) is 25.5 Å². The van der Waals surface area contributed by atoms with Crippen LogP contribution in [0.4, 0.5) is 0 Å². The number of aliphatic hydroxyl groups is 1. The number of benzene rings is 1. The number of esters is 2. The van der Waals surface area contributed by atoms with Gasteiger partial charge in [-0.1, -0.05) is 50.6 Å². The summed E-state index contributed by atoms with van der Waals surface area (Å²) in [7, 11) is 0. The summed E-state index contributed by atoms with van der Waals surface area (Å²) in [6, 6.07) is 9.25. The maximum absolute atomic E-state index is 12.2. The predicted molar refractivity (Wildman–Crippen MR) is 145 cm³/mol. The first-order valence-electron chi connectivity index (χ1n) is 13.9. The average molecular weight is 501 g/mol. The van der Waals surface area contributed by atoms with Crippen molar-refractivity contribution in [1.29, 1.82) is 0 Å². The topological polar surface area (TPSA) is 72.8 Å². The first-order valence-corrected chi connectivity index (χ1v) is 13.9. The van der Waals surface area contributed by atoms with Gasteiger partial charge in [0.25, 0.3) is 0 Å². The molecule has 1 aromatic carbocycles. The van der Waals surface area contributed by atoms with E-state index >= 15 is 0 Å². The van der Waals surface area contributed by atoms with Gasteiger partial charge in [-0.3, -0.25) is 4.79 Å². The Kier molecular flexibility index (Phi) is 12.7. The Bertz CT molecular complexity index is 812. The minimum absolute atomic E-state index is 0.0718. The molecule has 5 heteroatoms. The van der Waals surface area contributed by atoms with Crippen LogP contribution in [0.3, 0.4) is 0 Å². The summed E-state index contributed by atoms with van der Waals surface area (Å²) in [6.07, 6.45) is 11.0. The molecule has 1 aromatic rings. The van der Waals surface area contributed by atoms with Crippen LogP contribution in [0.2, 0.25) is 0 Å². The fraction of sp³-hybridized carbons (Fsp3) is 0.677. The number of hydrogen-bond acceptors (Lipinski definition) is 5. The van der Waals surface area contributed by atoms with Crippen LogP contribution in [-0.4, -0.2) is 36.9 Å². The van der Waals surface area contributed by atoms with Crippen molar-refractivity contribution in [3.05, 3.63) is 47.5 Å². The Morgan fingerprint density at radius 2 is 1.61 bits per heavy atom. The quantitative estimate of drug-likeness (QED) is 0.173. The molecule has 1 aliphatic rings. The van der Waals surface area contributed by atoms with Gasteiger partial charge >= 0.3 is 11.9 Å². The number of rotatable bonds is 14. The van der Waals surface area contributed by atoms with E-state index in [9.17, 15) is 9.59 Å². The van der Waals surface area contributed by atoms with Crippen LogP contribution in [0.5, 0.6) is 0 Å². The van der Waals surface area contributed by atoms with Crippen molar-refractivity contribution in [2.24, 2.45) is 17.3 Å². The molecule has 1 fully saturated rings. The molecule has 5 nitrogen and oxygen atoms in total. The Balaban J connectivity index is 1.91. The number of carbonyl (C=O) groups is 2. The third kappa shape index (κ3) is 10.1. The summed E-state index contributed by atoms with van der Waals surface area (Å²) in [6.45, 7) is 11.6. The van der Waals surface area contributed by atoms with Crippen molar-refractivity contribution >= 4 is 11.9 Å². The first-order chi connectivity index (χ1) is 17.2. The minimum atomic E-state index is -0.544. The standard InChI is InChI=1S/C31H48O5/c1-6-7-8-9-24-10-12-25(13-11-24)26-14-16-27(17-15-26)28(18-20-35-29(33)23(2)22-32)19-21-36-30(34)31(3,4)5/h10-13,26-28,32H,2,6-9,14-22H2,1,3-5H3. The van der Waals surface area contributed by atoms with Gasteiger partial charge in [0, 0.05) is 0 Å². The molecule has 0 amide bonds. The van der Waals surface area contributed by atoms with Gasteiger partial charge in [0.1, 0.15) is 0 Å². The number of hydrogen-bond donors (Lipinski definition) is 1. The van der Waals surface area contributed by atoms with Crippen LogP contribution in [0.1, 0.15) is 103 Å². The van der Waals surface area contributed by atoms with Crippen molar-refractivity contribution in [1.82, 2.24) is 0 Å². The normalized spacial score (nSPS) is 18.9. The molecule has 1 aliphatic carbocycles. The maximum atomic E-state index is 12.2. The van der Waals surface area contributed by atoms with E-state index in [4.69, 9.17) is 14.6 Å². The summed E-state index contributed by atoms with van der Waals surface area (Å²) in [5.74, 6) is 0.694. The molecule has 0 aromatic heterocycles. The number of carbonyl (C=O) groups excluding carboxylic acids is 2. The highest BCUT2D eigenvalue weighted by molar-refractivity contribution is 5.87. The lowest BCUT2D eigenvalue weighted by atomic mass is 9.72. The molecule has 0 bridgehead atoms. The van der Waals surface area contributed by atoms with Crippen LogP contribution in [0.25, 0.3) is 0 Å². The van der Waals surface area contributed by atoms with Crippen molar-refractivity contribution in [3.63, 3.8) is 0 Å². The largest absolute Gasteiger partial charge is 0.465 e. The van der Waals surface area contributed by atoms with Crippen LogP contribution >= 0.6 is 0 Å². The van der Waals surface area contributed by atoms with E-state index in [2.05, 4.69) is 37.8 Å². The smallest absolute Gasteiger partial charge is 0.335 e. The highest BCUT2D eigenvalue weighted by Gasteiger charge is 2.29. The summed E-state index contributed by atoms with van der Waals surface area (Å²) in [4.78, 5) is 24.1. The van der Waals surface area contributed by atoms with Gasteiger partial charge in [-0.2, -0.15) is 0 Å². The molecular formula is C31H48O5. The van der Waals surface area contributed by atoms with Crippen molar-refractivity contribution in [3.8, 4) is 0 Å². The second kappa shape index (κ2) is 15.2. The zero-order valence-electron chi connectivity index (χ0n) is 23.0. The zero-order valence-corrected chi connectivity index (χ0v) is 23.0. The lowest BCUT2D eigenvalue weighted by molar-refractivity contribution is -0.153. The van der Waals surface area contributed by atoms with Crippen molar-refractivity contribution in [2.75, 3.05) is 19.8 Å². The Labute approximate surface area is 218 Å². The molecular weight excluding hydrogens is 452 g/mol. The lowest BCUT2D eigenvalue weighted by Crippen LogP contribution is -2.27. The van der Waals surface area contributed by atoms with E-state index in [1.54, 1.807) is 0 Å². The van der Waals surface area contributed by atoms with E-state index in [0.717, 1.165) is 38.5 Å². The Morgan fingerprint density at radius 1 is 1.00 bits per heavy atom. The molecule has 0 heterocycles. The molecule has 1 saturated carbocycles. The fourth-order valence-corrected chi connectivity index (χ4v) is 5.06. The molecule has 0 spiro atoms. The average Bonchev–Trinajstić information content (AvgIpc) is 2.87. The van der Waals surface area contributed by atoms with Gasteiger partial charge in [-0.25, -0.2) is 4.79 Å². The minimum Gasteiger partial charge on any atom is -0.465 e. The van der Waals surface area contributed by atoms with E-state index in [-0.39, 0.29) is 18.1 Å². The van der Waals surface area contributed by atoms with E-state index in [0.29, 0.717) is 24.4 Å². The van der Waals surface area contributed by atoms with Crippen LogP contribution in [0, 0.1) is 17.3 Å².